The maximum absolute atomic E-state index is 2.75. The lowest BCUT2D eigenvalue weighted by Crippen LogP contribution is -2.01. The summed E-state index contributed by atoms with van der Waals surface area (Å²) in [5.74, 6) is 0. The van der Waals surface area contributed by atoms with Crippen molar-refractivity contribution in [2.45, 2.75) is 25.2 Å². The second-order valence-corrected chi connectivity index (χ2v) is 3.82. The minimum absolute atomic E-state index is 0.731. The fourth-order valence-corrected chi connectivity index (χ4v) is 0. The number of hydrogen-bond donors (Lipinski definition) is 0. The van der Waals surface area contributed by atoms with Gasteiger partial charge in [-0.25, -0.2) is 0 Å². The van der Waals surface area contributed by atoms with Gasteiger partial charge in [-0.15, -0.1) is 18.5 Å². The van der Waals surface area contributed by atoms with E-state index in [-0.39, 0.29) is 0 Å². The van der Waals surface area contributed by atoms with E-state index in [9.17, 15) is 0 Å². The van der Waals surface area contributed by atoms with E-state index < -0.39 is 0 Å². The number of hydrogen-bond acceptors (Lipinski definition) is 0. The zero-order valence-corrected chi connectivity index (χ0v) is 6.62. The van der Waals surface area contributed by atoms with Gasteiger partial charge in [-0.1, -0.05) is 13.8 Å². The van der Waals surface area contributed by atoms with E-state index in [0.29, 0.717) is 0 Å². The normalized spacial score (nSPS) is 20.0. The second kappa shape index (κ2) is 2.94. The quantitative estimate of drug-likeness (QED) is 0.462. The molecule has 0 fully saturated rings. The minimum atomic E-state index is 0.731. The summed E-state index contributed by atoms with van der Waals surface area (Å²) < 4.78 is 0. The molecule has 0 nitrogen and oxygen atoms in total. The Bertz CT molecular complexity index is 26.5. The van der Waals surface area contributed by atoms with E-state index >= 15 is 0 Å². The van der Waals surface area contributed by atoms with Crippen molar-refractivity contribution in [1.82, 2.24) is 0 Å². The predicted molar refractivity (Wildman–Crippen MR) is 38.3 cm³/mol. The molecular weight excluding hydrogens is 110 g/mol. The molecule has 2 heteroatoms. The molecule has 38 valence electrons. The lowest BCUT2D eigenvalue weighted by Gasteiger charge is -2.05. The summed E-state index contributed by atoms with van der Waals surface area (Å²) in [6.07, 6.45) is 0. The van der Waals surface area contributed by atoms with Crippen LogP contribution in [0.1, 0.15) is 13.8 Å². The largest absolute Gasteiger partial charge is 0.134 e. The predicted octanol–water partition coefficient (Wildman–Crippen LogP) is 1.51. The van der Waals surface area contributed by atoms with Crippen molar-refractivity contribution in [3.8, 4) is 0 Å². The Morgan fingerprint density at radius 1 is 1.00 bits per heavy atom. The van der Waals surface area contributed by atoms with Crippen LogP contribution in [0.5, 0.6) is 0 Å². The van der Waals surface area contributed by atoms with Crippen LogP contribution in [0.2, 0.25) is 0 Å². The van der Waals surface area contributed by atoms with Crippen molar-refractivity contribution in [2.24, 2.45) is 0 Å². The Kier molecular flexibility index (Phi) is 3.36. The molecule has 4 atom stereocenters. The molecule has 4 unspecified atom stereocenters. The average Bonchev–Trinajstić information content (AvgIpc) is 1.36. The maximum atomic E-state index is 2.75. The van der Waals surface area contributed by atoms with Gasteiger partial charge >= 0.3 is 0 Å². The van der Waals surface area contributed by atoms with Crippen LogP contribution in [-0.2, 0) is 0 Å². The first kappa shape index (κ1) is 6.86. The van der Waals surface area contributed by atoms with E-state index in [1.54, 1.807) is 0 Å². The third-order valence-electron chi connectivity index (χ3n) is 0.829. The topological polar surface area (TPSA) is 0 Å². The highest BCUT2D eigenvalue weighted by Gasteiger charge is 1.96. The zero-order chi connectivity index (χ0) is 5.15. The molecule has 6 heavy (non-hydrogen) atoms. The molecule has 0 N–H and O–H groups in total. The van der Waals surface area contributed by atoms with Crippen molar-refractivity contribution in [2.75, 3.05) is 0 Å². The van der Waals surface area contributed by atoms with Crippen molar-refractivity contribution in [3.05, 3.63) is 0 Å². The van der Waals surface area contributed by atoms with Gasteiger partial charge in [-0.2, -0.15) is 0 Å². The highest BCUT2D eigenvalue weighted by atomic mass is 31.0. The van der Waals surface area contributed by atoms with Gasteiger partial charge in [0.25, 0.3) is 0 Å². The lowest BCUT2D eigenvalue weighted by atomic mass is 10.4. The van der Waals surface area contributed by atoms with Gasteiger partial charge in [0, 0.05) is 0 Å². The smallest absolute Gasteiger partial charge is 0.0232 e. The Morgan fingerprint density at radius 3 is 1.17 bits per heavy atom. The highest BCUT2D eigenvalue weighted by Crippen LogP contribution is 2.11. The molecule has 0 saturated heterocycles. The maximum Gasteiger partial charge on any atom is -0.0232 e. The Morgan fingerprint density at radius 2 is 1.17 bits per heavy atom. The molecule has 0 amide bonds. The van der Waals surface area contributed by atoms with E-state index in [0.717, 1.165) is 11.3 Å². The van der Waals surface area contributed by atoms with Crippen LogP contribution in [0, 0.1) is 0 Å². The Hall–Kier alpha value is 0.860. The molecule has 0 aliphatic carbocycles. The lowest BCUT2D eigenvalue weighted by molar-refractivity contribution is 0.930. The first-order chi connectivity index (χ1) is 2.64. The summed E-state index contributed by atoms with van der Waals surface area (Å²) in [5.41, 5.74) is 1.46. The molecule has 0 rings (SSSR count). The Balaban J connectivity index is 2.99. The molecule has 0 aromatic heterocycles. The monoisotopic (exact) mass is 122 g/mol. The van der Waals surface area contributed by atoms with Gasteiger partial charge in [0.05, 0.1) is 0 Å². The van der Waals surface area contributed by atoms with Crippen LogP contribution in [0.4, 0.5) is 0 Å². The fraction of sp³-hybridized carbons (Fsp3) is 1.00. The molecule has 0 saturated carbocycles. The molecule has 0 heterocycles. The van der Waals surface area contributed by atoms with Gasteiger partial charge in [0.1, 0.15) is 0 Å². The molecule has 0 spiro atoms. The van der Waals surface area contributed by atoms with Gasteiger partial charge in [0.2, 0.25) is 0 Å². The van der Waals surface area contributed by atoms with E-state index in [2.05, 4.69) is 32.3 Å². The first-order valence-electron chi connectivity index (χ1n) is 2.15. The third kappa shape index (κ3) is 3.07. The highest BCUT2D eigenvalue weighted by molar-refractivity contribution is 7.23. The van der Waals surface area contributed by atoms with E-state index in [1.807, 2.05) is 0 Å². The average molecular weight is 122 g/mol. The third-order valence-corrected chi connectivity index (χ3v) is 2.49. The van der Waals surface area contributed by atoms with Crippen molar-refractivity contribution >= 4 is 18.5 Å². The van der Waals surface area contributed by atoms with Crippen molar-refractivity contribution in [1.29, 1.82) is 0 Å². The molecule has 0 aromatic rings. The Labute approximate surface area is 44.5 Å². The van der Waals surface area contributed by atoms with Crippen LogP contribution in [-0.4, -0.2) is 11.3 Å². The van der Waals surface area contributed by atoms with Crippen LogP contribution >= 0.6 is 18.5 Å². The minimum Gasteiger partial charge on any atom is -0.134 e. The van der Waals surface area contributed by atoms with E-state index in [4.69, 9.17) is 0 Å². The fourth-order valence-electron chi connectivity index (χ4n) is 0. The standard InChI is InChI=1S/C4H12P2/c1-3(5)4(2)6/h3-4H,5-6H2,1-2H3. The molecule has 0 aliphatic rings. The summed E-state index contributed by atoms with van der Waals surface area (Å²) >= 11 is 0. The summed E-state index contributed by atoms with van der Waals surface area (Å²) in [4.78, 5) is 0. The van der Waals surface area contributed by atoms with Crippen molar-refractivity contribution < 1.29 is 0 Å². The van der Waals surface area contributed by atoms with Gasteiger partial charge in [-0.3, -0.25) is 0 Å². The zero-order valence-electron chi connectivity index (χ0n) is 4.31. The van der Waals surface area contributed by atoms with Crippen molar-refractivity contribution in [3.63, 3.8) is 0 Å². The summed E-state index contributed by atoms with van der Waals surface area (Å²) in [7, 11) is 5.50. The van der Waals surface area contributed by atoms with Crippen LogP contribution in [0.25, 0.3) is 0 Å². The van der Waals surface area contributed by atoms with Crippen LogP contribution in [0.15, 0.2) is 0 Å². The second-order valence-electron chi connectivity index (χ2n) is 1.72. The number of rotatable bonds is 1. The summed E-state index contributed by atoms with van der Waals surface area (Å²) in [6, 6.07) is 0. The summed E-state index contributed by atoms with van der Waals surface area (Å²) in [5, 5.41) is 0. The molecule has 0 aromatic carbocycles. The molecule has 0 bridgehead atoms. The van der Waals surface area contributed by atoms with Crippen LogP contribution in [0.3, 0.4) is 0 Å². The van der Waals surface area contributed by atoms with Gasteiger partial charge in [-0.05, 0) is 11.3 Å². The SMILES string of the molecule is CC(P)C(C)P. The van der Waals surface area contributed by atoms with Gasteiger partial charge < -0.3 is 0 Å². The van der Waals surface area contributed by atoms with Crippen LogP contribution < -0.4 is 0 Å². The van der Waals surface area contributed by atoms with E-state index in [1.165, 1.54) is 0 Å². The first-order valence-corrected chi connectivity index (χ1v) is 3.49. The van der Waals surface area contributed by atoms with Gasteiger partial charge in [0.15, 0.2) is 0 Å². The molecule has 0 aliphatic heterocycles. The molecule has 0 radical (unpaired) electrons. The molecular formula is C4H12P2. The summed E-state index contributed by atoms with van der Waals surface area (Å²) in [6.45, 7) is 4.37.